The molecule has 0 saturated carbocycles. The largest absolute Gasteiger partial charge is 0.487 e. The van der Waals surface area contributed by atoms with Gasteiger partial charge in [-0.25, -0.2) is 0 Å². The van der Waals surface area contributed by atoms with Crippen molar-refractivity contribution in [3.05, 3.63) is 74.9 Å². The number of halogens is 1. The van der Waals surface area contributed by atoms with Gasteiger partial charge >= 0.3 is 5.69 Å². The lowest BCUT2D eigenvalue weighted by molar-refractivity contribution is -0.385. The maximum Gasteiger partial charge on any atom is 0.311 e. The third-order valence-electron chi connectivity index (χ3n) is 5.21. The molecule has 0 atom stereocenters. The fraction of sp³-hybridized carbons (Fsp3) is 0.227. The van der Waals surface area contributed by atoms with Crippen LogP contribution in [-0.2, 0) is 0 Å². The molecule has 8 heteroatoms. The van der Waals surface area contributed by atoms with Gasteiger partial charge in [0.25, 0.3) is 5.91 Å². The Bertz CT molecular complexity index is 1170. The molecule has 1 N–H and O–H groups in total. The van der Waals surface area contributed by atoms with Gasteiger partial charge in [-0.2, -0.15) is 0 Å². The summed E-state index contributed by atoms with van der Waals surface area (Å²) in [6, 6.07) is 10.1. The van der Waals surface area contributed by atoms with Crippen molar-refractivity contribution in [2.45, 2.75) is 13.3 Å². The number of carbonyl (C=O) groups excluding carboxylic acids is 1. The van der Waals surface area contributed by atoms with E-state index in [0.29, 0.717) is 31.1 Å². The van der Waals surface area contributed by atoms with Crippen LogP contribution in [0.2, 0.25) is 5.02 Å². The average molecular weight is 426 g/mol. The molecule has 1 amide bonds. The molecule has 0 aliphatic carbocycles. The van der Waals surface area contributed by atoms with Crippen molar-refractivity contribution in [2.75, 3.05) is 19.7 Å². The Morgan fingerprint density at radius 1 is 1.33 bits per heavy atom. The van der Waals surface area contributed by atoms with Crippen LogP contribution >= 0.6 is 11.6 Å². The van der Waals surface area contributed by atoms with Crippen molar-refractivity contribution in [1.82, 2.24) is 9.88 Å². The SMILES string of the molecule is CCOc1ccc(C(=O)N2CC=C(c3c[nH]c4c(Cl)cccc34)CC2)cc1[N+](=O)[O-]. The molecular weight excluding hydrogens is 406 g/mol. The van der Waals surface area contributed by atoms with Crippen LogP contribution in [0.5, 0.6) is 5.75 Å². The lowest BCUT2D eigenvalue weighted by atomic mass is 9.98. The second-order valence-electron chi connectivity index (χ2n) is 6.97. The lowest BCUT2D eigenvalue weighted by Gasteiger charge is -2.26. The summed E-state index contributed by atoms with van der Waals surface area (Å²) in [7, 11) is 0. The standard InChI is InChI=1S/C22H20ClN3O4/c1-2-30-20-7-6-15(12-19(20)26(28)29)22(27)25-10-8-14(9-11-25)17-13-24-21-16(17)4-3-5-18(21)23/h3-8,12-13,24H,2,9-11H2,1H3. The molecule has 1 aromatic heterocycles. The quantitative estimate of drug-likeness (QED) is 0.457. The molecule has 0 bridgehead atoms. The molecule has 30 heavy (non-hydrogen) atoms. The molecular formula is C22H20ClN3O4. The lowest BCUT2D eigenvalue weighted by Crippen LogP contribution is -2.34. The van der Waals surface area contributed by atoms with E-state index < -0.39 is 4.92 Å². The molecule has 0 unspecified atom stereocenters. The zero-order chi connectivity index (χ0) is 21.3. The molecule has 2 heterocycles. The summed E-state index contributed by atoms with van der Waals surface area (Å²) in [6.45, 7) is 3.02. The van der Waals surface area contributed by atoms with Crippen LogP contribution in [0.4, 0.5) is 5.69 Å². The number of ether oxygens (including phenoxy) is 1. The number of fused-ring (bicyclic) bond motifs is 1. The average Bonchev–Trinajstić information content (AvgIpc) is 3.19. The van der Waals surface area contributed by atoms with Crippen molar-refractivity contribution >= 4 is 39.7 Å². The predicted molar refractivity (Wildman–Crippen MR) is 116 cm³/mol. The van der Waals surface area contributed by atoms with Gasteiger partial charge in [0.15, 0.2) is 5.75 Å². The number of aromatic amines is 1. The first kappa shape index (κ1) is 20.0. The summed E-state index contributed by atoms with van der Waals surface area (Å²) in [5.41, 5.74) is 3.20. The highest BCUT2D eigenvalue weighted by Crippen LogP contribution is 2.33. The number of nitrogens with one attached hydrogen (secondary N) is 1. The van der Waals surface area contributed by atoms with Gasteiger partial charge in [-0.3, -0.25) is 14.9 Å². The van der Waals surface area contributed by atoms with Gasteiger partial charge in [0.1, 0.15) is 0 Å². The van der Waals surface area contributed by atoms with Crippen LogP contribution in [0.25, 0.3) is 16.5 Å². The van der Waals surface area contributed by atoms with E-state index in [9.17, 15) is 14.9 Å². The molecule has 1 aliphatic rings. The number of H-pyrrole nitrogens is 1. The van der Waals surface area contributed by atoms with E-state index in [-0.39, 0.29) is 22.9 Å². The van der Waals surface area contributed by atoms with Crippen molar-refractivity contribution < 1.29 is 14.5 Å². The van der Waals surface area contributed by atoms with Crippen LogP contribution < -0.4 is 4.74 Å². The number of amides is 1. The highest BCUT2D eigenvalue weighted by Gasteiger charge is 2.24. The molecule has 0 saturated heterocycles. The minimum atomic E-state index is -0.530. The summed E-state index contributed by atoms with van der Waals surface area (Å²) < 4.78 is 5.29. The number of carbonyl (C=O) groups is 1. The van der Waals surface area contributed by atoms with E-state index in [4.69, 9.17) is 16.3 Å². The summed E-state index contributed by atoms with van der Waals surface area (Å²) in [5.74, 6) is -0.0729. The number of benzene rings is 2. The van der Waals surface area contributed by atoms with E-state index in [1.807, 2.05) is 30.5 Å². The molecule has 1 aliphatic heterocycles. The normalized spacial score (nSPS) is 13.9. The van der Waals surface area contributed by atoms with Gasteiger partial charge in [-0.05, 0) is 37.1 Å². The van der Waals surface area contributed by atoms with Gasteiger partial charge in [0.2, 0.25) is 0 Å². The molecule has 7 nitrogen and oxygen atoms in total. The van der Waals surface area contributed by atoms with Gasteiger partial charge in [0, 0.05) is 41.9 Å². The van der Waals surface area contributed by atoms with E-state index in [2.05, 4.69) is 4.98 Å². The van der Waals surface area contributed by atoms with E-state index in [1.165, 1.54) is 12.1 Å². The predicted octanol–water partition coefficient (Wildman–Crippen LogP) is 5.06. The zero-order valence-corrected chi connectivity index (χ0v) is 17.1. The summed E-state index contributed by atoms with van der Waals surface area (Å²) in [6.07, 6.45) is 4.65. The Morgan fingerprint density at radius 3 is 2.87 bits per heavy atom. The number of hydrogen-bond donors (Lipinski definition) is 1. The van der Waals surface area contributed by atoms with Gasteiger partial charge in [-0.1, -0.05) is 29.8 Å². The number of hydrogen-bond acceptors (Lipinski definition) is 4. The van der Waals surface area contributed by atoms with E-state index >= 15 is 0 Å². The minimum absolute atomic E-state index is 0.165. The first-order valence-corrected chi connectivity index (χ1v) is 10.0. The Morgan fingerprint density at radius 2 is 2.17 bits per heavy atom. The van der Waals surface area contributed by atoms with Crippen LogP contribution in [0.1, 0.15) is 29.3 Å². The first-order chi connectivity index (χ1) is 14.5. The van der Waals surface area contributed by atoms with Crippen LogP contribution in [0.15, 0.2) is 48.7 Å². The van der Waals surface area contributed by atoms with Crippen LogP contribution in [-0.4, -0.2) is 40.4 Å². The topological polar surface area (TPSA) is 88.5 Å². The molecule has 0 fully saturated rings. The number of rotatable bonds is 5. The van der Waals surface area contributed by atoms with Crippen molar-refractivity contribution in [2.24, 2.45) is 0 Å². The van der Waals surface area contributed by atoms with Crippen molar-refractivity contribution in [3.63, 3.8) is 0 Å². The molecule has 0 spiro atoms. The highest BCUT2D eigenvalue weighted by atomic mass is 35.5. The van der Waals surface area contributed by atoms with Crippen LogP contribution in [0.3, 0.4) is 0 Å². The smallest absolute Gasteiger partial charge is 0.311 e. The fourth-order valence-electron chi connectivity index (χ4n) is 3.73. The monoisotopic (exact) mass is 425 g/mol. The molecule has 3 aromatic rings. The van der Waals surface area contributed by atoms with Gasteiger partial charge in [-0.15, -0.1) is 0 Å². The Kier molecular flexibility index (Phi) is 5.46. The maximum atomic E-state index is 12.9. The molecule has 4 rings (SSSR count). The maximum absolute atomic E-state index is 12.9. The number of nitrogens with zero attached hydrogens (tertiary/aromatic N) is 2. The van der Waals surface area contributed by atoms with Crippen LogP contribution in [0, 0.1) is 10.1 Å². The third kappa shape index (κ3) is 3.64. The number of aromatic nitrogens is 1. The van der Waals surface area contributed by atoms with E-state index in [1.54, 1.807) is 17.9 Å². The number of nitro benzene ring substituents is 1. The number of nitro groups is 1. The Hall–Kier alpha value is -3.32. The Labute approximate surface area is 178 Å². The zero-order valence-electron chi connectivity index (χ0n) is 16.4. The fourth-order valence-corrected chi connectivity index (χ4v) is 3.96. The second-order valence-corrected chi connectivity index (χ2v) is 7.38. The summed E-state index contributed by atoms with van der Waals surface area (Å²) in [4.78, 5) is 28.6. The molecule has 0 radical (unpaired) electrons. The van der Waals surface area contributed by atoms with Gasteiger partial charge < -0.3 is 14.6 Å². The molecule has 154 valence electrons. The van der Waals surface area contributed by atoms with Crippen molar-refractivity contribution in [1.29, 1.82) is 0 Å². The summed E-state index contributed by atoms with van der Waals surface area (Å²) >= 11 is 6.25. The third-order valence-corrected chi connectivity index (χ3v) is 5.52. The minimum Gasteiger partial charge on any atom is -0.487 e. The molecule has 2 aromatic carbocycles. The summed E-state index contributed by atoms with van der Waals surface area (Å²) in [5, 5.41) is 13.1. The highest BCUT2D eigenvalue weighted by molar-refractivity contribution is 6.35. The Balaban J connectivity index is 1.55. The first-order valence-electron chi connectivity index (χ1n) is 9.65. The van der Waals surface area contributed by atoms with E-state index in [0.717, 1.165) is 22.0 Å². The van der Waals surface area contributed by atoms with Crippen molar-refractivity contribution in [3.8, 4) is 5.75 Å². The second kappa shape index (κ2) is 8.20. The van der Waals surface area contributed by atoms with Gasteiger partial charge in [0.05, 0.1) is 22.1 Å². The number of para-hydroxylation sites is 1.